The molecule has 5 nitrogen and oxygen atoms in total. The second-order valence-electron chi connectivity index (χ2n) is 7.51. The van der Waals surface area contributed by atoms with Crippen molar-refractivity contribution < 1.29 is 14.3 Å². The molecule has 0 saturated heterocycles. The van der Waals surface area contributed by atoms with E-state index in [1.807, 2.05) is 61.5 Å². The van der Waals surface area contributed by atoms with Crippen LogP contribution < -0.4 is 15.4 Å². The van der Waals surface area contributed by atoms with Gasteiger partial charge in [0, 0.05) is 6.92 Å². The minimum Gasteiger partial charge on any atom is -0.497 e. The summed E-state index contributed by atoms with van der Waals surface area (Å²) in [5.74, 6) is 0.412. The van der Waals surface area contributed by atoms with Crippen LogP contribution in [0.2, 0.25) is 0 Å². The number of rotatable bonds is 8. The number of ether oxygens (including phenoxy) is 1. The lowest BCUT2D eigenvalue weighted by Gasteiger charge is -2.20. The normalized spacial score (nSPS) is 12.5. The van der Waals surface area contributed by atoms with Gasteiger partial charge in [0.25, 0.3) is 0 Å². The first-order chi connectivity index (χ1) is 15.0. The minimum atomic E-state index is -0.406. The molecule has 3 rings (SSSR count). The van der Waals surface area contributed by atoms with Crippen molar-refractivity contribution in [2.24, 2.45) is 0 Å². The highest BCUT2D eigenvalue weighted by atomic mass is 16.5. The van der Waals surface area contributed by atoms with Crippen LogP contribution in [0.5, 0.6) is 5.75 Å². The van der Waals surface area contributed by atoms with Gasteiger partial charge in [-0.1, -0.05) is 66.7 Å². The van der Waals surface area contributed by atoms with Crippen molar-refractivity contribution >= 4 is 11.8 Å². The van der Waals surface area contributed by atoms with Crippen LogP contribution in [0, 0.1) is 0 Å². The molecule has 0 unspecified atom stereocenters. The Labute approximate surface area is 183 Å². The molecule has 0 fully saturated rings. The fraction of sp³-hybridized carbons (Fsp3) is 0.231. The number of hydrogen-bond donors (Lipinski definition) is 2. The van der Waals surface area contributed by atoms with Crippen molar-refractivity contribution in [3.63, 3.8) is 0 Å². The molecule has 3 aromatic carbocycles. The topological polar surface area (TPSA) is 67.4 Å². The highest BCUT2D eigenvalue weighted by Crippen LogP contribution is 2.23. The van der Waals surface area contributed by atoms with E-state index in [4.69, 9.17) is 4.74 Å². The summed E-state index contributed by atoms with van der Waals surface area (Å²) in [5, 5.41) is 5.90. The molecule has 3 aromatic rings. The summed E-state index contributed by atoms with van der Waals surface area (Å²) >= 11 is 0. The Bertz CT molecular complexity index is 999. The van der Waals surface area contributed by atoms with Gasteiger partial charge in [-0.25, -0.2) is 0 Å². The Morgan fingerprint density at radius 2 is 1.39 bits per heavy atom. The van der Waals surface area contributed by atoms with Gasteiger partial charge in [-0.05, 0) is 41.3 Å². The molecule has 0 radical (unpaired) electrons. The van der Waals surface area contributed by atoms with Crippen LogP contribution in [-0.2, 0) is 9.59 Å². The molecule has 0 saturated carbocycles. The number of methoxy groups -OCH3 is 1. The monoisotopic (exact) mass is 416 g/mol. The number of hydrogen-bond acceptors (Lipinski definition) is 3. The molecule has 0 aliphatic carbocycles. The molecule has 2 N–H and O–H groups in total. The number of benzene rings is 3. The van der Waals surface area contributed by atoms with Crippen molar-refractivity contribution in [2.75, 3.05) is 7.11 Å². The van der Waals surface area contributed by atoms with E-state index in [1.54, 1.807) is 7.11 Å². The standard InChI is InChI=1S/C26H28N2O3/c1-18(20-9-11-22(12-10-20)21-7-5-4-6-8-21)27-26(30)17-25(28-19(2)29)23-13-15-24(31-3)16-14-23/h4-16,18,25H,17H2,1-3H3,(H,27,30)(H,28,29)/t18-,25-/m0/s1. The Balaban J connectivity index is 1.64. The molecule has 0 aliphatic heterocycles. The van der Waals surface area contributed by atoms with Crippen molar-refractivity contribution in [2.45, 2.75) is 32.4 Å². The van der Waals surface area contributed by atoms with E-state index in [0.717, 1.165) is 28.0 Å². The van der Waals surface area contributed by atoms with Gasteiger partial charge in [0.05, 0.1) is 25.6 Å². The molecule has 31 heavy (non-hydrogen) atoms. The largest absolute Gasteiger partial charge is 0.497 e. The highest BCUT2D eigenvalue weighted by molar-refractivity contribution is 5.79. The summed E-state index contributed by atoms with van der Waals surface area (Å²) < 4.78 is 5.18. The lowest BCUT2D eigenvalue weighted by molar-refractivity contribution is -0.123. The number of nitrogens with one attached hydrogen (secondary N) is 2. The SMILES string of the molecule is COc1ccc([C@H](CC(=O)N[C@@H](C)c2ccc(-c3ccccc3)cc2)NC(C)=O)cc1. The molecular weight excluding hydrogens is 388 g/mol. The minimum absolute atomic E-state index is 0.130. The third kappa shape index (κ3) is 6.19. The van der Waals surface area contributed by atoms with Gasteiger partial charge >= 0.3 is 0 Å². The lowest BCUT2D eigenvalue weighted by Crippen LogP contribution is -2.33. The van der Waals surface area contributed by atoms with Gasteiger partial charge in [-0.3, -0.25) is 9.59 Å². The maximum atomic E-state index is 12.7. The van der Waals surface area contributed by atoms with Gasteiger partial charge in [0.15, 0.2) is 0 Å². The average Bonchev–Trinajstić information content (AvgIpc) is 2.79. The van der Waals surface area contributed by atoms with Crippen molar-refractivity contribution in [1.29, 1.82) is 0 Å². The summed E-state index contributed by atoms with van der Waals surface area (Å²) in [4.78, 5) is 24.4. The highest BCUT2D eigenvalue weighted by Gasteiger charge is 2.19. The second kappa shape index (κ2) is 10.4. The molecule has 0 bridgehead atoms. The van der Waals surface area contributed by atoms with E-state index < -0.39 is 6.04 Å². The van der Waals surface area contributed by atoms with E-state index in [2.05, 4.69) is 34.9 Å². The van der Waals surface area contributed by atoms with Crippen molar-refractivity contribution in [3.05, 3.63) is 90.0 Å². The van der Waals surface area contributed by atoms with Crippen LogP contribution in [0.1, 0.15) is 43.5 Å². The zero-order valence-electron chi connectivity index (χ0n) is 18.1. The first kappa shape index (κ1) is 22.1. The van der Waals surface area contributed by atoms with Gasteiger partial charge in [-0.2, -0.15) is 0 Å². The van der Waals surface area contributed by atoms with Crippen LogP contribution in [0.25, 0.3) is 11.1 Å². The fourth-order valence-corrected chi connectivity index (χ4v) is 3.50. The molecule has 2 atom stereocenters. The predicted molar refractivity (Wildman–Crippen MR) is 123 cm³/mol. The average molecular weight is 417 g/mol. The summed E-state index contributed by atoms with van der Waals surface area (Å²) in [6, 6.07) is 25.1. The summed E-state index contributed by atoms with van der Waals surface area (Å²) in [7, 11) is 1.60. The van der Waals surface area contributed by atoms with E-state index in [1.165, 1.54) is 6.92 Å². The van der Waals surface area contributed by atoms with Crippen LogP contribution >= 0.6 is 0 Å². The van der Waals surface area contributed by atoms with Crippen LogP contribution in [0.3, 0.4) is 0 Å². The zero-order chi connectivity index (χ0) is 22.2. The van der Waals surface area contributed by atoms with Crippen LogP contribution in [0.15, 0.2) is 78.9 Å². The zero-order valence-corrected chi connectivity index (χ0v) is 18.1. The maximum Gasteiger partial charge on any atom is 0.222 e. The van der Waals surface area contributed by atoms with E-state index >= 15 is 0 Å². The Hall–Kier alpha value is -3.60. The van der Waals surface area contributed by atoms with Gasteiger partial charge < -0.3 is 15.4 Å². The van der Waals surface area contributed by atoms with E-state index in [0.29, 0.717) is 0 Å². The molecule has 160 valence electrons. The quantitative estimate of drug-likeness (QED) is 0.554. The fourth-order valence-electron chi connectivity index (χ4n) is 3.50. The van der Waals surface area contributed by atoms with Crippen LogP contribution in [-0.4, -0.2) is 18.9 Å². The smallest absolute Gasteiger partial charge is 0.222 e. The number of carbonyl (C=O) groups is 2. The number of carbonyl (C=O) groups excluding carboxylic acids is 2. The lowest BCUT2D eigenvalue weighted by atomic mass is 10.0. The second-order valence-corrected chi connectivity index (χ2v) is 7.51. The molecule has 2 amide bonds. The molecule has 0 aliphatic rings. The molecule has 5 heteroatoms. The van der Waals surface area contributed by atoms with Gasteiger partial charge in [0.2, 0.25) is 11.8 Å². The maximum absolute atomic E-state index is 12.7. The Morgan fingerprint density at radius 3 is 1.97 bits per heavy atom. The van der Waals surface area contributed by atoms with Crippen molar-refractivity contribution in [3.8, 4) is 16.9 Å². The molecule has 0 aromatic heterocycles. The summed E-state index contributed by atoms with van der Waals surface area (Å²) in [6.45, 7) is 3.40. The van der Waals surface area contributed by atoms with Crippen LogP contribution in [0.4, 0.5) is 0 Å². The van der Waals surface area contributed by atoms with E-state index in [9.17, 15) is 9.59 Å². The molecular formula is C26H28N2O3. The van der Waals surface area contributed by atoms with Crippen molar-refractivity contribution in [1.82, 2.24) is 10.6 Å². The molecule has 0 heterocycles. The van der Waals surface area contributed by atoms with Gasteiger partial charge in [0.1, 0.15) is 5.75 Å². The Kier molecular flexibility index (Phi) is 7.44. The third-order valence-corrected chi connectivity index (χ3v) is 5.18. The first-order valence-electron chi connectivity index (χ1n) is 10.3. The molecule has 0 spiro atoms. The predicted octanol–water partition coefficient (Wildman–Crippen LogP) is 4.81. The van der Waals surface area contributed by atoms with E-state index in [-0.39, 0.29) is 24.3 Å². The summed E-state index contributed by atoms with van der Waals surface area (Å²) in [5.41, 5.74) is 4.16. The van der Waals surface area contributed by atoms with Gasteiger partial charge in [-0.15, -0.1) is 0 Å². The number of amides is 2. The first-order valence-corrected chi connectivity index (χ1v) is 10.3. The Morgan fingerprint density at radius 1 is 0.806 bits per heavy atom. The summed E-state index contributed by atoms with van der Waals surface area (Å²) in [6.07, 6.45) is 0.151. The third-order valence-electron chi connectivity index (χ3n) is 5.18.